The first-order valence-corrected chi connectivity index (χ1v) is 7.31. The van der Waals surface area contributed by atoms with Crippen molar-refractivity contribution in [3.63, 3.8) is 0 Å². The van der Waals surface area contributed by atoms with Crippen LogP contribution in [0.1, 0.15) is 63.2 Å². The van der Waals surface area contributed by atoms with Crippen molar-refractivity contribution in [3.05, 3.63) is 11.7 Å². The second-order valence-corrected chi connectivity index (χ2v) is 6.38. The van der Waals surface area contributed by atoms with Crippen LogP contribution in [0.5, 0.6) is 0 Å². The van der Waals surface area contributed by atoms with Gasteiger partial charge in [-0.05, 0) is 37.6 Å². The van der Waals surface area contributed by atoms with Gasteiger partial charge in [0.25, 0.3) is 0 Å². The first-order chi connectivity index (χ1) is 9.17. The van der Waals surface area contributed by atoms with Gasteiger partial charge >= 0.3 is 0 Å². The maximum Gasteiger partial charge on any atom is 0.244 e. The van der Waals surface area contributed by atoms with Crippen LogP contribution in [0.3, 0.4) is 0 Å². The second kappa shape index (κ2) is 5.21. The van der Waals surface area contributed by atoms with E-state index in [1.165, 1.54) is 12.8 Å². The highest BCUT2D eigenvalue weighted by atomic mass is 16.5. The van der Waals surface area contributed by atoms with Crippen molar-refractivity contribution in [1.82, 2.24) is 15.5 Å². The van der Waals surface area contributed by atoms with Gasteiger partial charge < -0.3 is 14.6 Å². The normalized spacial score (nSPS) is 31.3. The average molecular weight is 265 g/mol. The number of hydrogen-bond donors (Lipinski definition) is 1. The Hall–Kier alpha value is -0.940. The maximum atomic E-state index is 5.51. The molecule has 1 aromatic heterocycles. The van der Waals surface area contributed by atoms with Gasteiger partial charge in [-0.3, -0.25) is 0 Å². The van der Waals surface area contributed by atoms with Crippen LogP contribution < -0.4 is 5.32 Å². The summed E-state index contributed by atoms with van der Waals surface area (Å²) in [6.07, 6.45) is 4.58. The maximum absolute atomic E-state index is 5.51. The van der Waals surface area contributed by atoms with Crippen molar-refractivity contribution in [2.24, 2.45) is 5.41 Å². The van der Waals surface area contributed by atoms with E-state index >= 15 is 0 Å². The van der Waals surface area contributed by atoms with E-state index in [2.05, 4.69) is 29.3 Å². The van der Waals surface area contributed by atoms with Crippen molar-refractivity contribution in [1.29, 1.82) is 0 Å². The largest absolute Gasteiger partial charge is 0.381 e. The van der Waals surface area contributed by atoms with Crippen LogP contribution in [0.15, 0.2) is 4.52 Å². The van der Waals surface area contributed by atoms with E-state index in [4.69, 9.17) is 9.26 Å². The quantitative estimate of drug-likeness (QED) is 0.889. The molecule has 5 heteroatoms. The summed E-state index contributed by atoms with van der Waals surface area (Å²) in [6, 6.07) is 0.173. The van der Waals surface area contributed by atoms with E-state index in [0.29, 0.717) is 5.92 Å². The van der Waals surface area contributed by atoms with Gasteiger partial charge in [0.05, 0.1) is 12.6 Å². The van der Waals surface area contributed by atoms with E-state index < -0.39 is 0 Å². The van der Waals surface area contributed by atoms with Crippen molar-refractivity contribution in [2.75, 3.05) is 19.8 Å². The van der Waals surface area contributed by atoms with Crippen molar-refractivity contribution >= 4 is 0 Å². The Balaban J connectivity index is 1.76. The number of rotatable bonds is 2. The predicted molar refractivity (Wildman–Crippen MR) is 70.9 cm³/mol. The molecule has 5 nitrogen and oxygen atoms in total. The Labute approximate surface area is 114 Å². The van der Waals surface area contributed by atoms with Crippen molar-refractivity contribution in [2.45, 2.75) is 51.5 Å². The molecule has 1 aromatic rings. The summed E-state index contributed by atoms with van der Waals surface area (Å²) in [7, 11) is 0. The minimum absolute atomic E-state index is 0.172. The fraction of sp³-hybridized carbons (Fsp3) is 0.857. The Bertz CT molecular complexity index is 424. The molecular weight excluding hydrogens is 242 g/mol. The lowest BCUT2D eigenvalue weighted by Gasteiger charge is -2.36. The van der Waals surface area contributed by atoms with Gasteiger partial charge in [-0.15, -0.1) is 0 Å². The molecule has 106 valence electrons. The second-order valence-electron chi connectivity index (χ2n) is 6.38. The fourth-order valence-electron chi connectivity index (χ4n) is 3.11. The standard InChI is InChI=1S/C14H23N3O2/c1-14(2)6-4-7-15-11(14)13-16-12(17-19-13)10-5-3-8-18-9-10/h10-11,15H,3-9H2,1-2H3. The molecule has 0 saturated carbocycles. The van der Waals surface area contributed by atoms with Gasteiger partial charge in [-0.1, -0.05) is 19.0 Å². The highest BCUT2D eigenvalue weighted by Gasteiger charge is 2.37. The lowest BCUT2D eigenvalue weighted by Crippen LogP contribution is -2.39. The number of nitrogens with zero attached hydrogens (tertiary/aromatic N) is 2. The topological polar surface area (TPSA) is 60.2 Å². The summed E-state index contributed by atoms with van der Waals surface area (Å²) >= 11 is 0. The van der Waals surface area contributed by atoms with Gasteiger partial charge in [0, 0.05) is 12.5 Å². The number of nitrogens with one attached hydrogen (secondary N) is 1. The summed E-state index contributed by atoms with van der Waals surface area (Å²) in [6.45, 7) is 7.13. The summed E-state index contributed by atoms with van der Waals surface area (Å²) in [5.41, 5.74) is 0.172. The Morgan fingerprint density at radius 3 is 2.95 bits per heavy atom. The third-order valence-electron chi connectivity index (χ3n) is 4.36. The van der Waals surface area contributed by atoms with Crippen LogP contribution >= 0.6 is 0 Å². The molecule has 0 aliphatic carbocycles. The highest BCUT2D eigenvalue weighted by molar-refractivity contribution is 5.04. The average Bonchev–Trinajstić information content (AvgIpc) is 2.88. The summed E-state index contributed by atoms with van der Waals surface area (Å²) in [5.74, 6) is 1.86. The Morgan fingerprint density at radius 2 is 2.21 bits per heavy atom. The van der Waals surface area contributed by atoms with Gasteiger partial charge in [0.15, 0.2) is 5.82 Å². The van der Waals surface area contributed by atoms with Crippen LogP contribution in [-0.2, 0) is 4.74 Å². The first kappa shape index (κ1) is 13.1. The zero-order valence-electron chi connectivity index (χ0n) is 11.8. The molecule has 0 radical (unpaired) electrons. The molecule has 0 bridgehead atoms. The molecule has 3 rings (SSSR count). The molecule has 0 amide bonds. The summed E-state index contributed by atoms with van der Waals surface area (Å²) in [5, 5.41) is 7.69. The number of ether oxygens (including phenoxy) is 1. The molecule has 2 aliphatic rings. The van der Waals surface area contributed by atoms with Crippen molar-refractivity contribution in [3.8, 4) is 0 Å². The number of aromatic nitrogens is 2. The SMILES string of the molecule is CC1(C)CCCNC1c1nc(C2CCCOC2)no1. The number of piperidine rings is 1. The summed E-state index contributed by atoms with van der Waals surface area (Å²) < 4.78 is 11.0. The van der Waals surface area contributed by atoms with Crippen LogP contribution in [-0.4, -0.2) is 29.9 Å². The lowest BCUT2D eigenvalue weighted by molar-refractivity contribution is 0.0773. The first-order valence-electron chi connectivity index (χ1n) is 7.31. The Kier molecular flexibility index (Phi) is 3.58. The predicted octanol–water partition coefficient (Wildman–Crippen LogP) is 2.41. The van der Waals surface area contributed by atoms with E-state index in [9.17, 15) is 0 Å². The van der Waals surface area contributed by atoms with E-state index in [0.717, 1.165) is 44.3 Å². The third-order valence-corrected chi connectivity index (χ3v) is 4.36. The van der Waals surface area contributed by atoms with Crippen LogP contribution in [0.25, 0.3) is 0 Å². The molecule has 2 fully saturated rings. The lowest BCUT2D eigenvalue weighted by atomic mass is 9.77. The minimum Gasteiger partial charge on any atom is -0.381 e. The van der Waals surface area contributed by atoms with Gasteiger partial charge in [-0.2, -0.15) is 4.98 Å². The molecule has 19 heavy (non-hydrogen) atoms. The van der Waals surface area contributed by atoms with E-state index in [-0.39, 0.29) is 11.5 Å². The fourth-order valence-corrected chi connectivity index (χ4v) is 3.11. The Morgan fingerprint density at radius 1 is 1.32 bits per heavy atom. The molecule has 2 saturated heterocycles. The van der Waals surface area contributed by atoms with Gasteiger partial charge in [-0.25, -0.2) is 0 Å². The zero-order valence-corrected chi connectivity index (χ0v) is 11.8. The smallest absolute Gasteiger partial charge is 0.244 e. The van der Waals surface area contributed by atoms with E-state index in [1.54, 1.807) is 0 Å². The van der Waals surface area contributed by atoms with Gasteiger partial charge in [0.2, 0.25) is 5.89 Å². The van der Waals surface area contributed by atoms with Crippen LogP contribution in [0.4, 0.5) is 0 Å². The number of hydrogen-bond acceptors (Lipinski definition) is 5. The molecule has 1 N–H and O–H groups in total. The summed E-state index contributed by atoms with van der Waals surface area (Å²) in [4.78, 5) is 4.63. The molecule has 2 aliphatic heterocycles. The highest BCUT2D eigenvalue weighted by Crippen LogP contribution is 2.39. The monoisotopic (exact) mass is 265 g/mol. The van der Waals surface area contributed by atoms with Gasteiger partial charge in [0.1, 0.15) is 0 Å². The van der Waals surface area contributed by atoms with Crippen molar-refractivity contribution < 1.29 is 9.26 Å². The molecule has 2 unspecified atom stereocenters. The third kappa shape index (κ3) is 2.67. The van der Waals surface area contributed by atoms with Crippen LogP contribution in [0.2, 0.25) is 0 Å². The van der Waals surface area contributed by atoms with Crippen LogP contribution in [0, 0.1) is 5.41 Å². The minimum atomic E-state index is 0.172. The molecular formula is C14H23N3O2. The molecule has 2 atom stereocenters. The molecule has 0 spiro atoms. The van der Waals surface area contributed by atoms with E-state index in [1.807, 2.05) is 0 Å². The molecule has 3 heterocycles. The molecule has 0 aromatic carbocycles. The zero-order chi connectivity index (χ0) is 13.3.